The molecular formula is C14H11N5OS2. The molecule has 2 rings (SSSR count). The van der Waals surface area contributed by atoms with Gasteiger partial charge in [-0.05, 0) is 12.3 Å². The molecule has 0 unspecified atom stereocenters. The third-order valence-electron chi connectivity index (χ3n) is 2.76. The van der Waals surface area contributed by atoms with Gasteiger partial charge < -0.3 is 10.9 Å². The van der Waals surface area contributed by atoms with Gasteiger partial charge in [0, 0.05) is 22.3 Å². The second-order valence-electron chi connectivity index (χ2n) is 4.14. The van der Waals surface area contributed by atoms with Gasteiger partial charge in [-0.1, -0.05) is 0 Å². The molecule has 2 aromatic heterocycles. The maximum Gasteiger partial charge on any atom is 0.242 e. The largest absolute Gasteiger partial charge is 0.619 e. The van der Waals surface area contributed by atoms with E-state index < -0.39 is 0 Å². The minimum Gasteiger partial charge on any atom is -0.619 e. The van der Waals surface area contributed by atoms with Crippen LogP contribution in [0.1, 0.15) is 11.1 Å². The van der Waals surface area contributed by atoms with Crippen molar-refractivity contribution in [3.63, 3.8) is 0 Å². The number of rotatable bonds is 4. The molecule has 0 aliphatic heterocycles. The lowest BCUT2D eigenvalue weighted by Gasteiger charge is -2.10. The topological polar surface area (TPSA) is 94.0 Å². The highest BCUT2D eigenvalue weighted by molar-refractivity contribution is 7.99. The summed E-state index contributed by atoms with van der Waals surface area (Å²) >= 11 is 2.61. The van der Waals surface area contributed by atoms with Crippen molar-refractivity contribution in [3.05, 3.63) is 52.3 Å². The highest BCUT2D eigenvalue weighted by atomic mass is 32.2. The van der Waals surface area contributed by atoms with Gasteiger partial charge >= 0.3 is 0 Å². The summed E-state index contributed by atoms with van der Waals surface area (Å²) in [6, 6.07) is 5.57. The first kappa shape index (κ1) is 16.0. The Morgan fingerprint density at radius 2 is 2.36 bits per heavy atom. The van der Waals surface area contributed by atoms with Crippen LogP contribution in [0.15, 0.2) is 34.4 Å². The van der Waals surface area contributed by atoms with Gasteiger partial charge in [0.25, 0.3) is 0 Å². The molecule has 0 amide bonds. The monoisotopic (exact) mass is 329 g/mol. The summed E-state index contributed by atoms with van der Waals surface area (Å²) in [6.45, 7) is 7.17. The molecule has 0 radical (unpaired) electrons. The molecule has 0 spiro atoms. The van der Waals surface area contributed by atoms with Crippen LogP contribution in [0, 0.1) is 23.1 Å². The van der Waals surface area contributed by atoms with Crippen LogP contribution in [0.2, 0.25) is 0 Å². The smallest absolute Gasteiger partial charge is 0.242 e. The Kier molecular flexibility index (Phi) is 5.10. The minimum absolute atomic E-state index is 0.118. The number of aromatic nitrogens is 2. The number of pyridine rings is 2. The fraction of sp³-hybridized carbons (Fsp3) is 0.143. The van der Waals surface area contributed by atoms with Gasteiger partial charge in [-0.15, -0.1) is 23.5 Å². The molecule has 8 heteroatoms. The third kappa shape index (κ3) is 3.25. The highest BCUT2D eigenvalue weighted by Crippen LogP contribution is 2.40. The molecule has 0 aromatic carbocycles. The van der Waals surface area contributed by atoms with Crippen LogP contribution < -0.4 is 10.5 Å². The summed E-state index contributed by atoms with van der Waals surface area (Å²) in [5, 5.41) is 21.1. The van der Waals surface area contributed by atoms with Crippen molar-refractivity contribution in [1.82, 2.24) is 4.98 Å². The number of nitriles is 1. The second-order valence-corrected chi connectivity index (χ2v) is 5.92. The molecule has 0 saturated carbocycles. The SMILES string of the molecule is [C-]#[N+]c1c(N)nc(SCc2ccc[n+]([O-])c2)c(C#N)c1SC. The zero-order valence-electron chi connectivity index (χ0n) is 11.6. The normalized spacial score (nSPS) is 9.95. The third-order valence-corrected chi connectivity index (χ3v) is 4.61. The summed E-state index contributed by atoms with van der Waals surface area (Å²) in [6.07, 6.45) is 4.66. The maximum atomic E-state index is 11.2. The van der Waals surface area contributed by atoms with E-state index >= 15 is 0 Å². The Balaban J connectivity index is 2.38. The predicted molar refractivity (Wildman–Crippen MR) is 86.4 cm³/mol. The fourth-order valence-corrected chi connectivity index (χ4v) is 3.48. The molecule has 2 heterocycles. The number of thioether (sulfide) groups is 2. The Labute approximate surface area is 136 Å². The van der Waals surface area contributed by atoms with Crippen molar-refractivity contribution in [2.45, 2.75) is 15.7 Å². The fourth-order valence-electron chi connectivity index (χ4n) is 1.80. The summed E-state index contributed by atoms with van der Waals surface area (Å²) in [7, 11) is 0. The molecule has 0 aliphatic rings. The molecule has 0 atom stereocenters. The van der Waals surface area contributed by atoms with E-state index in [0.717, 1.165) is 10.3 Å². The Morgan fingerprint density at radius 1 is 1.59 bits per heavy atom. The van der Waals surface area contributed by atoms with E-state index in [1.54, 1.807) is 12.3 Å². The maximum absolute atomic E-state index is 11.2. The van der Waals surface area contributed by atoms with Crippen molar-refractivity contribution in [1.29, 1.82) is 5.26 Å². The number of nitrogen functional groups attached to an aromatic ring is 1. The van der Waals surface area contributed by atoms with Crippen molar-refractivity contribution >= 4 is 35.0 Å². The Hall–Kier alpha value is -2.42. The molecule has 2 N–H and O–H groups in total. The summed E-state index contributed by atoms with van der Waals surface area (Å²) in [5.41, 5.74) is 7.19. The summed E-state index contributed by atoms with van der Waals surface area (Å²) < 4.78 is 0.721. The molecule has 0 aliphatic carbocycles. The molecule has 6 nitrogen and oxygen atoms in total. The average molecular weight is 329 g/mol. The van der Waals surface area contributed by atoms with Crippen molar-refractivity contribution in [2.24, 2.45) is 0 Å². The van der Waals surface area contributed by atoms with Gasteiger partial charge in [0.1, 0.15) is 16.9 Å². The van der Waals surface area contributed by atoms with E-state index in [9.17, 15) is 10.5 Å². The minimum atomic E-state index is 0.118. The molecule has 0 fully saturated rings. The van der Waals surface area contributed by atoms with Gasteiger partial charge in [-0.3, -0.25) is 0 Å². The Morgan fingerprint density at radius 3 is 2.95 bits per heavy atom. The highest BCUT2D eigenvalue weighted by Gasteiger charge is 2.18. The zero-order valence-corrected chi connectivity index (χ0v) is 13.2. The van der Waals surface area contributed by atoms with E-state index in [1.165, 1.54) is 35.9 Å². The quantitative estimate of drug-likeness (QED) is 0.401. The molecule has 2 aromatic rings. The first-order valence-electron chi connectivity index (χ1n) is 6.06. The van der Waals surface area contributed by atoms with E-state index in [-0.39, 0.29) is 11.5 Å². The standard InChI is InChI=1S/C14H11N5OS2/c1-17-11-12(21-2)10(6-15)14(18-13(11)16)22-8-9-4-3-5-19(20)7-9/h3-5,7H,8H2,2H3,(H2,16,18). The number of anilines is 1. The first-order chi connectivity index (χ1) is 10.6. The van der Waals surface area contributed by atoms with Crippen molar-refractivity contribution in [3.8, 4) is 6.07 Å². The van der Waals surface area contributed by atoms with Crippen LogP contribution in [0.4, 0.5) is 11.5 Å². The zero-order chi connectivity index (χ0) is 16.1. The van der Waals surface area contributed by atoms with E-state index in [1.807, 2.05) is 6.07 Å². The van der Waals surface area contributed by atoms with E-state index in [4.69, 9.17) is 12.3 Å². The van der Waals surface area contributed by atoms with Crippen LogP contribution in [0.25, 0.3) is 4.85 Å². The van der Waals surface area contributed by atoms with Crippen molar-refractivity contribution < 1.29 is 4.73 Å². The molecule has 0 saturated heterocycles. The number of nitrogens with two attached hydrogens (primary N) is 1. The Bertz CT molecular complexity index is 795. The molecule has 0 bridgehead atoms. The first-order valence-corrected chi connectivity index (χ1v) is 8.27. The van der Waals surface area contributed by atoms with E-state index in [2.05, 4.69) is 15.9 Å². The van der Waals surface area contributed by atoms with E-state index in [0.29, 0.717) is 21.2 Å². The lowest BCUT2D eigenvalue weighted by Crippen LogP contribution is -2.24. The number of hydrogen-bond acceptors (Lipinski definition) is 6. The molecule has 22 heavy (non-hydrogen) atoms. The van der Waals surface area contributed by atoms with Gasteiger partial charge in [-0.2, -0.15) is 9.99 Å². The van der Waals surface area contributed by atoms with Crippen LogP contribution in [0.3, 0.4) is 0 Å². The van der Waals surface area contributed by atoms with Crippen LogP contribution >= 0.6 is 23.5 Å². The average Bonchev–Trinajstić information content (AvgIpc) is 2.52. The van der Waals surface area contributed by atoms with Crippen LogP contribution in [0.5, 0.6) is 0 Å². The lowest BCUT2D eigenvalue weighted by molar-refractivity contribution is -0.605. The van der Waals surface area contributed by atoms with Gasteiger partial charge in [0.05, 0.1) is 12.1 Å². The van der Waals surface area contributed by atoms with Crippen molar-refractivity contribution in [2.75, 3.05) is 12.0 Å². The molecular weight excluding hydrogens is 318 g/mol. The second kappa shape index (κ2) is 7.03. The number of hydrogen-bond donors (Lipinski definition) is 1. The lowest BCUT2D eigenvalue weighted by atomic mass is 10.2. The van der Waals surface area contributed by atoms with Crippen LogP contribution in [-0.4, -0.2) is 11.2 Å². The molecule has 110 valence electrons. The van der Waals surface area contributed by atoms with Gasteiger partial charge in [0.15, 0.2) is 12.4 Å². The van der Waals surface area contributed by atoms with Gasteiger partial charge in [-0.25, -0.2) is 9.83 Å². The summed E-state index contributed by atoms with van der Waals surface area (Å²) in [5.74, 6) is 0.600. The summed E-state index contributed by atoms with van der Waals surface area (Å²) in [4.78, 5) is 8.07. The number of nitrogens with zero attached hydrogens (tertiary/aromatic N) is 4. The van der Waals surface area contributed by atoms with Gasteiger partial charge in [0.2, 0.25) is 5.69 Å². The van der Waals surface area contributed by atoms with Crippen LogP contribution in [-0.2, 0) is 5.75 Å². The predicted octanol–water partition coefficient (Wildman–Crippen LogP) is 2.73.